The smallest absolute Gasteiger partial charge is 0.262 e. The van der Waals surface area contributed by atoms with E-state index in [9.17, 15) is 13.6 Å². The van der Waals surface area contributed by atoms with Gasteiger partial charge >= 0.3 is 0 Å². The average Bonchev–Trinajstić information content (AvgIpc) is 2.93. The molecule has 1 aromatic rings. The largest absolute Gasteiger partial charge is 0.493 e. The monoisotopic (exact) mass is 429 g/mol. The van der Waals surface area contributed by atoms with Crippen LogP contribution in [0.4, 0.5) is 8.78 Å². The highest BCUT2D eigenvalue weighted by Gasteiger charge is 2.42. The number of amides is 1. The summed E-state index contributed by atoms with van der Waals surface area (Å²) in [5.41, 5.74) is 0.801. The molecule has 2 rings (SSSR count). The van der Waals surface area contributed by atoms with E-state index in [2.05, 4.69) is 10.6 Å². The molecule has 0 radical (unpaired) electrons. The van der Waals surface area contributed by atoms with Gasteiger partial charge in [0.1, 0.15) is 6.61 Å². The van der Waals surface area contributed by atoms with Crippen molar-refractivity contribution in [3.63, 3.8) is 0 Å². The van der Waals surface area contributed by atoms with Crippen molar-refractivity contribution >= 4 is 30.7 Å². The molecule has 1 fully saturated rings. The van der Waals surface area contributed by atoms with E-state index < -0.39 is 30.8 Å². The number of carbonyl (C=O) groups excluding carboxylic acids is 1. The molecule has 0 aliphatic carbocycles. The van der Waals surface area contributed by atoms with Crippen LogP contribution in [0.1, 0.15) is 12.0 Å². The Morgan fingerprint density at radius 1 is 1.33 bits per heavy atom. The van der Waals surface area contributed by atoms with E-state index in [0.29, 0.717) is 18.1 Å². The first-order chi connectivity index (χ1) is 11.8. The molecule has 10 heteroatoms. The second kappa shape index (κ2) is 11.5. The second-order valence-corrected chi connectivity index (χ2v) is 6.35. The Hall–Kier alpha value is -1.35. The maximum atomic E-state index is 13.1. The number of alkyl halides is 2. The molecule has 0 aromatic heterocycles. The minimum absolute atomic E-state index is 0. The molecular formula is C17H27Cl2F2N3O3. The minimum Gasteiger partial charge on any atom is -0.493 e. The summed E-state index contributed by atoms with van der Waals surface area (Å²) in [6.45, 7) is 1.08. The van der Waals surface area contributed by atoms with Gasteiger partial charge in [-0.05, 0) is 31.8 Å². The van der Waals surface area contributed by atoms with Gasteiger partial charge in [0.25, 0.3) is 5.92 Å². The van der Waals surface area contributed by atoms with Crippen molar-refractivity contribution in [2.45, 2.75) is 24.9 Å². The van der Waals surface area contributed by atoms with Gasteiger partial charge in [0.05, 0.1) is 19.7 Å². The molecule has 1 amide bonds. The summed E-state index contributed by atoms with van der Waals surface area (Å²) in [5, 5.41) is 5.21. The van der Waals surface area contributed by atoms with Gasteiger partial charge in [0.2, 0.25) is 5.91 Å². The Morgan fingerprint density at radius 2 is 2.04 bits per heavy atom. The summed E-state index contributed by atoms with van der Waals surface area (Å²) in [7, 11) is 5.46. The number of halogens is 4. The van der Waals surface area contributed by atoms with Crippen molar-refractivity contribution in [3.05, 3.63) is 23.8 Å². The van der Waals surface area contributed by atoms with Crippen LogP contribution in [0.5, 0.6) is 11.5 Å². The first-order valence-corrected chi connectivity index (χ1v) is 8.14. The van der Waals surface area contributed by atoms with Crippen molar-refractivity contribution in [1.82, 2.24) is 15.5 Å². The van der Waals surface area contributed by atoms with Gasteiger partial charge in [0.15, 0.2) is 11.5 Å². The normalized spacial score (nSPS) is 17.6. The topological polar surface area (TPSA) is 62.8 Å². The molecule has 0 bridgehead atoms. The third-order valence-corrected chi connectivity index (χ3v) is 3.92. The zero-order valence-electron chi connectivity index (χ0n) is 15.6. The number of methoxy groups -OCH3 is 1. The maximum Gasteiger partial charge on any atom is 0.262 e. The van der Waals surface area contributed by atoms with E-state index in [1.165, 1.54) is 0 Å². The van der Waals surface area contributed by atoms with E-state index in [1.807, 2.05) is 25.1 Å². The van der Waals surface area contributed by atoms with Crippen LogP contribution >= 0.6 is 24.8 Å². The van der Waals surface area contributed by atoms with Gasteiger partial charge in [0, 0.05) is 19.5 Å². The van der Waals surface area contributed by atoms with Crippen LogP contribution in [0.3, 0.4) is 0 Å². The van der Waals surface area contributed by atoms with Crippen LogP contribution in [0.2, 0.25) is 0 Å². The van der Waals surface area contributed by atoms with Crippen LogP contribution in [-0.4, -0.2) is 63.7 Å². The Morgan fingerprint density at radius 3 is 2.59 bits per heavy atom. The molecule has 1 heterocycles. The Labute approximate surface area is 170 Å². The molecule has 1 atom stereocenters. The predicted molar refractivity (Wildman–Crippen MR) is 105 cm³/mol. The molecular weight excluding hydrogens is 403 g/mol. The Kier molecular flexibility index (Phi) is 10.9. The Balaban J connectivity index is 0.00000338. The zero-order chi connectivity index (χ0) is 18.4. The van der Waals surface area contributed by atoms with Crippen molar-refractivity contribution in [1.29, 1.82) is 0 Å². The highest BCUT2D eigenvalue weighted by atomic mass is 35.5. The fourth-order valence-corrected chi connectivity index (χ4v) is 2.49. The second-order valence-electron chi connectivity index (χ2n) is 6.35. The van der Waals surface area contributed by atoms with Crippen molar-refractivity contribution in [2.75, 3.05) is 40.9 Å². The van der Waals surface area contributed by atoms with Crippen molar-refractivity contribution < 1.29 is 23.0 Å². The lowest BCUT2D eigenvalue weighted by Crippen LogP contribution is -2.40. The quantitative estimate of drug-likeness (QED) is 0.662. The van der Waals surface area contributed by atoms with E-state index in [4.69, 9.17) is 9.47 Å². The van der Waals surface area contributed by atoms with Crippen molar-refractivity contribution in [2.24, 2.45) is 0 Å². The summed E-state index contributed by atoms with van der Waals surface area (Å²) in [5.74, 6) is -2.06. The molecule has 1 aromatic carbocycles. The molecule has 1 saturated heterocycles. The third-order valence-electron chi connectivity index (χ3n) is 3.92. The lowest BCUT2D eigenvalue weighted by Gasteiger charge is -2.15. The summed E-state index contributed by atoms with van der Waals surface area (Å²) in [4.78, 5) is 14.0. The zero-order valence-corrected chi connectivity index (χ0v) is 17.2. The molecule has 1 aliphatic rings. The summed E-state index contributed by atoms with van der Waals surface area (Å²) in [6.07, 6.45) is -0.471. The van der Waals surface area contributed by atoms with Gasteiger partial charge in [-0.15, -0.1) is 24.8 Å². The maximum absolute atomic E-state index is 13.1. The number of hydrogen-bond acceptors (Lipinski definition) is 5. The van der Waals surface area contributed by atoms with Gasteiger partial charge in [-0.3, -0.25) is 10.1 Å². The van der Waals surface area contributed by atoms with E-state index in [-0.39, 0.29) is 31.4 Å². The molecule has 0 spiro atoms. The van der Waals surface area contributed by atoms with Crippen LogP contribution in [0.15, 0.2) is 18.2 Å². The van der Waals surface area contributed by atoms with E-state index in [0.717, 1.165) is 12.1 Å². The number of carbonyl (C=O) groups is 1. The molecule has 1 unspecified atom stereocenters. The van der Waals surface area contributed by atoms with Gasteiger partial charge in [-0.25, -0.2) is 8.78 Å². The molecule has 2 N–H and O–H groups in total. The Bertz CT molecular complexity index is 607. The summed E-state index contributed by atoms with van der Waals surface area (Å²) < 4.78 is 37.3. The lowest BCUT2D eigenvalue weighted by atomic mass is 10.1. The SMILES string of the molecule is COc1cc(CNC(=O)C2CC(F)(F)CN2)ccc1OCCN(C)C.Cl.Cl. The van der Waals surface area contributed by atoms with E-state index >= 15 is 0 Å². The highest BCUT2D eigenvalue weighted by molar-refractivity contribution is 5.85. The summed E-state index contributed by atoms with van der Waals surface area (Å²) in [6, 6.07) is 4.50. The van der Waals surface area contributed by atoms with E-state index in [1.54, 1.807) is 19.2 Å². The fourth-order valence-electron chi connectivity index (χ4n) is 2.49. The number of hydrogen-bond donors (Lipinski definition) is 2. The molecule has 1 aliphatic heterocycles. The number of nitrogens with zero attached hydrogens (tertiary/aromatic N) is 1. The number of benzene rings is 1. The number of rotatable bonds is 8. The number of ether oxygens (including phenoxy) is 2. The molecule has 0 saturated carbocycles. The number of nitrogens with one attached hydrogen (secondary N) is 2. The lowest BCUT2D eigenvalue weighted by molar-refractivity contribution is -0.123. The van der Waals surface area contributed by atoms with Crippen LogP contribution in [0.25, 0.3) is 0 Å². The molecule has 6 nitrogen and oxygen atoms in total. The van der Waals surface area contributed by atoms with Crippen molar-refractivity contribution in [3.8, 4) is 11.5 Å². The molecule has 156 valence electrons. The fraction of sp³-hybridized carbons (Fsp3) is 0.588. The van der Waals surface area contributed by atoms with Crippen LogP contribution < -0.4 is 20.1 Å². The predicted octanol–water partition coefficient (Wildman–Crippen LogP) is 2.09. The third kappa shape index (κ3) is 8.04. The van der Waals surface area contributed by atoms with Gasteiger partial charge < -0.3 is 19.7 Å². The van der Waals surface area contributed by atoms with Gasteiger partial charge in [-0.2, -0.15) is 0 Å². The number of likely N-dealkylation sites (N-methyl/N-ethyl adjacent to an activating group) is 1. The van der Waals surface area contributed by atoms with Crippen LogP contribution in [0, 0.1) is 0 Å². The van der Waals surface area contributed by atoms with Gasteiger partial charge in [-0.1, -0.05) is 6.07 Å². The average molecular weight is 430 g/mol. The highest BCUT2D eigenvalue weighted by Crippen LogP contribution is 2.28. The first kappa shape index (κ1) is 25.6. The minimum atomic E-state index is -2.82. The molecule has 27 heavy (non-hydrogen) atoms. The standard InChI is InChI=1S/C17H25F2N3O3.2ClH/c1-22(2)6-7-25-14-5-4-12(8-15(14)24-3)10-20-16(23)13-9-17(18,19)11-21-13;;/h4-5,8,13,21H,6-7,9-11H2,1-3H3,(H,20,23);2*1H. The first-order valence-electron chi connectivity index (χ1n) is 8.14. The van der Waals surface area contributed by atoms with Crippen LogP contribution in [-0.2, 0) is 11.3 Å². The summed E-state index contributed by atoms with van der Waals surface area (Å²) >= 11 is 0.